The molecule has 1 amide bonds. The van der Waals surface area contributed by atoms with Gasteiger partial charge in [-0.05, 0) is 17.3 Å². The molecule has 0 saturated heterocycles. The quantitative estimate of drug-likeness (QED) is 0.741. The second-order valence-corrected chi connectivity index (χ2v) is 5.66. The highest BCUT2D eigenvalue weighted by atomic mass is 16.1. The first kappa shape index (κ1) is 13.5. The summed E-state index contributed by atoms with van der Waals surface area (Å²) in [6, 6.07) is 0. The van der Waals surface area contributed by atoms with Gasteiger partial charge in [0.1, 0.15) is 0 Å². The molecule has 2 heteroatoms. The van der Waals surface area contributed by atoms with Crippen LogP contribution in [0.4, 0.5) is 0 Å². The zero-order valence-electron chi connectivity index (χ0n) is 10.5. The zero-order chi connectivity index (χ0) is 11.4. The second kappa shape index (κ2) is 4.81. The van der Waals surface area contributed by atoms with E-state index in [9.17, 15) is 4.79 Å². The van der Waals surface area contributed by atoms with Crippen molar-refractivity contribution in [1.82, 2.24) is 5.32 Å². The Hall–Kier alpha value is -0.530. The van der Waals surface area contributed by atoms with Crippen LogP contribution in [0, 0.1) is 10.8 Å². The third kappa shape index (κ3) is 4.12. The molecule has 0 bridgehead atoms. The Morgan fingerprint density at radius 3 is 2.00 bits per heavy atom. The monoisotopic (exact) mass is 199 g/mol. The van der Waals surface area contributed by atoms with Gasteiger partial charge in [0.2, 0.25) is 5.91 Å². The van der Waals surface area contributed by atoms with Gasteiger partial charge in [0.15, 0.2) is 0 Å². The Morgan fingerprint density at radius 1 is 1.14 bits per heavy atom. The van der Waals surface area contributed by atoms with Crippen molar-refractivity contribution in [2.75, 3.05) is 6.54 Å². The van der Waals surface area contributed by atoms with Gasteiger partial charge < -0.3 is 5.32 Å². The van der Waals surface area contributed by atoms with Crippen molar-refractivity contribution in [3.8, 4) is 0 Å². The van der Waals surface area contributed by atoms with Gasteiger partial charge in [-0.2, -0.15) is 0 Å². The lowest BCUT2D eigenvalue weighted by molar-refractivity contribution is -0.121. The van der Waals surface area contributed by atoms with Crippen molar-refractivity contribution in [3.05, 3.63) is 0 Å². The SMILES string of the molecule is CCCC(=O)NCC(C)(C)C(C)(C)C. The van der Waals surface area contributed by atoms with Crippen molar-refractivity contribution < 1.29 is 4.79 Å². The van der Waals surface area contributed by atoms with E-state index >= 15 is 0 Å². The van der Waals surface area contributed by atoms with Crippen molar-refractivity contribution in [3.63, 3.8) is 0 Å². The Balaban J connectivity index is 4.06. The summed E-state index contributed by atoms with van der Waals surface area (Å²) in [4.78, 5) is 11.3. The average Bonchev–Trinajstić information content (AvgIpc) is 1.99. The first-order valence-electron chi connectivity index (χ1n) is 5.47. The summed E-state index contributed by atoms with van der Waals surface area (Å²) < 4.78 is 0. The van der Waals surface area contributed by atoms with Crippen LogP contribution in [0.1, 0.15) is 54.4 Å². The fourth-order valence-corrected chi connectivity index (χ4v) is 0.900. The lowest BCUT2D eigenvalue weighted by Crippen LogP contribution is -2.41. The van der Waals surface area contributed by atoms with Crippen molar-refractivity contribution >= 4 is 5.91 Å². The molecule has 0 fully saturated rings. The van der Waals surface area contributed by atoms with E-state index in [1.807, 2.05) is 6.92 Å². The Bertz CT molecular complexity index is 189. The number of carbonyl (C=O) groups excluding carboxylic acids is 1. The number of nitrogens with one attached hydrogen (secondary N) is 1. The topological polar surface area (TPSA) is 29.1 Å². The number of carbonyl (C=O) groups is 1. The fourth-order valence-electron chi connectivity index (χ4n) is 0.900. The molecule has 0 heterocycles. The van der Waals surface area contributed by atoms with E-state index in [0.717, 1.165) is 13.0 Å². The number of amides is 1. The molecular formula is C12H25NO. The largest absolute Gasteiger partial charge is 0.356 e. The van der Waals surface area contributed by atoms with Gasteiger partial charge in [-0.1, -0.05) is 41.5 Å². The standard InChI is InChI=1S/C12H25NO/c1-7-8-10(14)13-9-12(5,6)11(2,3)4/h7-9H2,1-6H3,(H,13,14). The van der Waals surface area contributed by atoms with E-state index in [1.54, 1.807) is 0 Å². The van der Waals surface area contributed by atoms with Crippen molar-refractivity contribution in [2.24, 2.45) is 10.8 Å². The maximum Gasteiger partial charge on any atom is 0.220 e. The van der Waals surface area contributed by atoms with Crippen LogP contribution in [-0.4, -0.2) is 12.5 Å². The van der Waals surface area contributed by atoms with E-state index in [0.29, 0.717) is 6.42 Å². The molecule has 0 aliphatic heterocycles. The molecule has 0 aromatic rings. The van der Waals surface area contributed by atoms with Crippen LogP contribution in [-0.2, 0) is 4.79 Å². The number of rotatable bonds is 4. The molecule has 0 saturated carbocycles. The maximum atomic E-state index is 11.3. The summed E-state index contributed by atoms with van der Waals surface area (Å²) in [5.41, 5.74) is 0.350. The molecule has 0 atom stereocenters. The van der Waals surface area contributed by atoms with E-state index < -0.39 is 0 Å². The van der Waals surface area contributed by atoms with Crippen LogP contribution in [0.5, 0.6) is 0 Å². The lowest BCUT2D eigenvalue weighted by Gasteiger charge is -2.38. The summed E-state index contributed by atoms with van der Waals surface area (Å²) >= 11 is 0. The number of hydrogen-bond acceptors (Lipinski definition) is 1. The molecule has 0 spiro atoms. The Morgan fingerprint density at radius 2 is 1.64 bits per heavy atom. The van der Waals surface area contributed by atoms with E-state index in [4.69, 9.17) is 0 Å². The summed E-state index contributed by atoms with van der Waals surface area (Å²) in [5, 5.41) is 2.99. The molecule has 0 rings (SSSR count). The van der Waals surface area contributed by atoms with Gasteiger partial charge in [-0.3, -0.25) is 4.79 Å². The predicted molar refractivity (Wildman–Crippen MR) is 61.2 cm³/mol. The second-order valence-electron chi connectivity index (χ2n) is 5.66. The van der Waals surface area contributed by atoms with Gasteiger partial charge in [0.05, 0.1) is 0 Å². The van der Waals surface area contributed by atoms with Gasteiger partial charge >= 0.3 is 0 Å². The minimum Gasteiger partial charge on any atom is -0.356 e. The molecule has 0 aliphatic rings. The third-order valence-corrected chi connectivity index (χ3v) is 3.23. The van der Waals surface area contributed by atoms with Crippen LogP contribution in [0.3, 0.4) is 0 Å². The molecule has 1 N–H and O–H groups in total. The van der Waals surface area contributed by atoms with Crippen molar-refractivity contribution in [1.29, 1.82) is 0 Å². The lowest BCUT2D eigenvalue weighted by atomic mass is 9.69. The van der Waals surface area contributed by atoms with Gasteiger partial charge in [-0.25, -0.2) is 0 Å². The normalized spacial score (nSPS) is 12.7. The number of hydrogen-bond donors (Lipinski definition) is 1. The Kier molecular flexibility index (Phi) is 4.63. The molecule has 0 aliphatic carbocycles. The summed E-state index contributed by atoms with van der Waals surface area (Å²) in [7, 11) is 0. The summed E-state index contributed by atoms with van der Waals surface area (Å²) in [5.74, 6) is 0.171. The molecule has 84 valence electrons. The minimum absolute atomic E-state index is 0.135. The smallest absolute Gasteiger partial charge is 0.220 e. The van der Waals surface area contributed by atoms with Gasteiger partial charge in [0.25, 0.3) is 0 Å². The van der Waals surface area contributed by atoms with Crippen LogP contribution in [0.25, 0.3) is 0 Å². The van der Waals surface area contributed by atoms with Crippen LogP contribution < -0.4 is 5.32 Å². The van der Waals surface area contributed by atoms with E-state index in [1.165, 1.54) is 0 Å². The van der Waals surface area contributed by atoms with E-state index in [2.05, 4.69) is 39.9 Å². The summed E-state index contributed by atoms with van der Waals surface area (Å²) in [6.45, 7) is 13.8. The predicted octanol–water partition coefficient (Wildman–Crippen LogP) is 2.98. The minimum atomic E-state index is 0.135. The highest BCUT2D eigenvalue weighted by Crippen LogP contribution is 2.36. The van der Waals surface area contributed by atoms with E-state index in [-0.39, 0.29) is 16.7 Å². The molecule has 0 radical (unpaired) electrons. The van der Waals surface area contributed by atoms with Crippen LogP contribution in [0.2, 0.25) is 0 Å². The van der Waals surface area contributed by atoms with Crippen LogP contribution in [0.15, 0.2) is 0 Å². The molecule has 0 aromatic heterocycles. The third-order valence-electron chi connectivity index (χ3n) is 3.23. The Labute approximate surface area is 88.5 Å². The van der Waals surface area contributed by atoms with Crippen molar-refractivity contribution in [2.45, 2.75) is 54.4 Å². The maximum absolute atomic E-state index is 11.3. The van der Waals surface area contributed by atoms with Crippen LogP contribution >= 0.6 is 0 Å². The first-order valence-corrected chi connectivity index (χ1v) is 5.47. The highest BCUT2D eigenvalue weighted by molar-refractivity contribution is 5.75. The molecular weight excluding hydrogens is 174 g/mol. The first-order chi connectivity index (χ1) is 6.20. The molecule has 0 aromatic carbocycles. The molecule has 14 heavy (non-hydrogen) atoms. The summed E-state index contributed by atoms with van der Waals surface area (Å²) in [6.07, 6.45) is 1.56. The molecule has 2 nitrogen and oxygen atoms in total. The molecule has 0 unspecified atom stereocenters. The average molecular weight is 199 g/mol. The highest BCUT2D eigenvalue weighted by Gasteiger charge is 2.32. The van der Waals surface area contributed by atoms with Gasteiger partial charge in [0, 0.05) is 13.0 Å². The zero-order valence-corrected chi connectivity index (χ0v) is 10.5. The fraction of sp³-hybridized carbons (Fsp3) is 0.917. The van der Waals surface area contributed by atoms with Gasteiger partial charge in [-0.15, -0.1) is 0 Å².